The van der Waals surface area contributed by atoms with Crippen LogP contribution in [0.4, 0.5) is 0 Å². The monoisotopic (exact) mass is 421 g/mol. The summed E-state index contributed by atoms with van der Waals surface area (Å²) in [6, 6.07) is 3.24. The molecule has 4 atom stereocenters. The molecular weight excluding hydrogens is 397 g/mol. The lowest BCUT2D eigenvalue weighted by Gasteiger charge is -2.62. The molecular formula is C20H24NO7P. The van der Waals surface area contributed by atoms with Crippen molar-refractivity contribution in [1.82, 2.24) is 4.90 Å². The average Bonchev–Trinajstić information content (AvgIpc) is 3.38. The highest BCUT2D eigenvalue weighted by atomic mass is 31.2. The largest absolute Gasteiger partial charge is 0.524 e. The Balaban J connectivity index is 1.54. The van der Waals surface area contributed by atoms with Crippen molar-refractivity contribution in [3.63, 3.8) is 0 Å². The summed E-state index contributed by atoms with van der Waals surface area (Å²) in [4.78, 5) is 33.9. The van der Waals surface area contributed by atoms with Crippen molar-refractivity contribution in [2.24, 2.45) is 5.92 Å². The number of Topliss-reactive ketones (excluding diaryl/α,β-unsaturated/α-hetero) is 1. The summed E-state index contributed by atoms with van der Waals surface area (Å²) < 4.78 is 22.4. The Morgan fingerprint density at radius 3 is 2.79 bits per heavy atom. The Kier molecular flexibility index (Phi) is 3.55. The molecule has 2 heterocycles. The van der Waals surface area contributed by atoms with E-state index in [1.54, 1.807) is 0 Å². The number of ketones is 1. The van der Waals surface area contributed by atoms with E-state index in [-0.39, 0.29) is 29.7 Å². The highest BCUT2D eigenvalue weighted by Crippen LogP contribution is 2.65. The second-order valence-corrected chi connectivity index (χ2v) is 10.4. The summed E-state index contributed by atoms with van der Waals surface area (Å²) in [5, 5.41) is 12.1. The highest BCUT2D eigenvalue weighted by molar-refractivity contribution is 7.46. The van der Waals surface area contributed by atoms with Gasteiger partial charge in [-0.2, -0.15) is 0 Å². The Labute approximate surface area is 168 Å². The summed E-state index contributed by atoms with van der Waals surface area (Å²) in [7, 11) is -4.79. The van der Waals surface area contributed by atoms with Crippen LogP contribution in [0, 0.1) is 5.92 Å². The number of hydrogen-bond acceptors (Lipinski definition) is 6. The van der Waals surface area contributed by atoms with Gasteiger partial charge in [-0.05, 0) is 56.2 Å². The van der Waals surface area contributed by atoms with Crippen molar-refractivity contribution in [3.8, 4) is 11.5 Å². The topological polar surface area (TPSA) is 117 Å². The Morgan fingerprint density at radius 1 is 1.28 bits per heavy atom. The Bertz CT molecular complexity index is 972. The van der Waals surface area contributed by atoms with Gasteiger partial charge in [-0.3, -0.25) is 19.5 Å². The molecule has 1 unspecified atom stereocenters. The van der Waals surface area contributed by atoms with Gasteiger partial charge in [0.2, 0.25) is 0 Å². The van der Waals surface area contributed by atoms with E-state index >= 15 is 0 Å². The lowest BCUT2D eigenvalue weighted by Crippen LogP contribution is -2.76. The van der Waals surface area contributed by atoms with Gasteiger partial charge in [0, 0.05) is 24.6 Å². The number of ether oxygens (including phenoxy) is 1. The first-order valence-electron chi connectivity index (χ1n) is 10.3. The third-order valence-corrected chi connectivity index (χ3v) is 8.19. The van der Waals surface area contributed by atoms with Crippen molar-refractivity contribution in [1.29, 1.82) is 0 Å². The summed E-state index contributed by atoms with van der Waals surface area (Å²) in [5.74, 6) is 0.799. The lowest BCUT2D eigenvalue weighted by atomic mass is 9.49. The number of rotatable bonds is 4. The molecule has 29 heavy (non-hydrogen) atoms. The van der Waals surface area contributed by atoms with Gasteiger partial charge in [-0.1, -0.05) is 6.07 Å². The van der Waals surface area contributed by atoms with Crippen LogP contribution in [0.3, 0.4) is 0 Å². The van der Waals surface area contributed by atoms with E-state index in [1.807, 2.05) is 6.07 Å². The fourth-order valence-electron chi connectivity index (χ4n) is 6.45. The molecule has 8 nitrogen and oxygen atoms in total. The molecule has 0 radical (unpaired) electrons. The number of likely N-dealkylation sites (tertiary alicyclic amines) is 1. The second-order valence-electron chi connectivity index (χ2n) is 9.28. The van der Waals surface area contributed by atoms with Crippen molar-refractivity contribution in [2.75, 3.05) is 13.1 Å². The number of hydrogen-bond donors (Lipinski definition) is 3. The van der Waals surface area contributed by atoms with Gasteiger partial charge in [0.1, 0.15) is 0 Å². The van der Waals surface area contributed by atoms with Crippen molar-refractivity contribution >= 4 is 13.6 Å². The van der Waals surface area contributed by atoms with E-state index in [0.717, 1.165) is 24.2 Å². The first-order valence-corrected chi connectivity index (χ1v) is 11.8. The Morgan fingerprint density at radius 2 is 2.07 bits per heavy atom. The molecule has 9 heteroatoms. The van der Waals surface area contributed by atoms with E-state index in [0.29, 0.717) is 25.2 Å². The normalized spacial score (nSPS) is 37.8. The SMILES string of the molecule is O=C1CC[C@@]2(O)C3Cc4ccc(OP(=O)(O)O)c5c4[C@@]2(CCN3CC2CC2)[C@H]1O5. The summed E-state index contributed by atoms with van der Waals surface area (Å²) in [5.41, 5.74) is -0.265. The molecule has 1 spiro atoms. The number of carbonyl (C=O) groups is 1. The highest BCUT2D eigenvalue weighted by Gasteiger charge is 2.73. The van der Waals surface area contributed by atoms with Gasteiger partial charge in [0.05, 0.1) is 11.0 Å². The lowest BCUT2D eigenvalue weighted by molar-refractivity contribution is -0.188. The maximum Gasteiger partial charge on any atom is 0.524 e. The smallest absolute Gasteiger partial charge is 0.477 e. The molecule has 1 aromatic carbocycles. The summed E-state index contributed by atoms with van der Waals surface area (Å²) in [6.07, 6.45) is 3.49. The minimum Gasteiger partial charge on any atom is -0.477 e. The van der Waals surface area contributed by atoms with Gasteiger partial charge in [0.15, 0.2) is 23.4 Å². The van der Waals surface area contributed by atoms with E-state index in [9.17, 15) is 24.3 Å². The number of aliphatic hydroxyl groups is 1. The van der Waals surface area contributed by atoms with Crippen LogP contribution in [0.15, 0.2) is 12.1 Å². The van der Waals surface area contributed by atoms with E-state index < -0.39 is 24.9 Å². The zero-order valence-electron chi connectivity index (χ0n) is 15.9. The Hall–Kier alpha value is -1.44. The van der Waals surface area contributed by atoms with Crippen molar-refractivity contribution in [2.45, 2.75) is 61.7 Å². The molecule has 0 aromatic heterocycles. The number of piperidine rings is 1. The number of phosphoric acid groups is 1. The first-order chi connectivity index (χ1) is 13.7. The molecule has 156 valence electrons. The third kappa shape index (κ3) is 2.35. The van der Waals surface area contributed by atoms with E-state index in [1.165, 1.54) is 18.9 Å². The minimum absolute atomic E-state index is 0.0600. The summed E-state index contributed by atoms with van der Waals surface area (Å²) >= 11 is 0. The fourth-order valence-corrected chi connectivity index (χ4v) is 6.85. The van der Waals surface area contributed by atoms with Crippen LogP contribution in [-0.2, 0) is 21.2 Å². The fraction of sp³-hybridized carbons (Fsp3) is 0.650. The number of benzene rings is 1. The van der Waals surface area contributed by atoms with Crippen LogP contribution in [0.25, 0.3) is 0 Å². The molecule has 6 rings (SSSR count). The van der Waals surface area contributed by atoms with Crippen molar-refractivity contribution in [3.05, 3.63) is 23.3 Å². The van der Waals surface area contributed by atoms with Gasteiger partial charge in [0.25, 0.3) is 0 Å². The summed E-state index contributed by atoms with van der Waals surface area (Å²) in [6.45, 7) is 1.75. The van der Waals surface area contributed by atoms with Crippen LogP contribution in [0.2, 0.25) is 0 Å². The second kappa shape index (κ2) is 5.62. The standard InChI is InChI=1S/C20H24NO7P/c22-13-5-6-20(23)15-9-12-3-4-14(28-29(24,25)26)17-16(12)19(20,18(13)27-17)7-8-21(15)10-11-1-2-11/h3-4,11,15,18,23H,1-2,5-10H2,(H2,24,25,26)/t15?,18-,19-,20+/m0/s1. The predicted octanol–water partition coefficient (Wildman–Crippen LogP) is 1.29. The zero-order valence-corrected chi connectivity index (χ0v) is 16.8. The van der Waals surface area contributed by atoms with E-state index in [2.05, 4.69) is 4.90 Å². The molecule has 2 bridgehead atoms. The zero-order chi connectivity index (χ0) is 20.2. The minimum atomic E-state index is -4.79. The number of nitrogens with zero attached hydrogens (tertiary/aromatic N) is 1. The van der Waals surface area contributed by atoms with Crippen LogP contribution in [-0.4, -0.2) is 56.4 Å². The van der Waals surface area contributed by atoms with Gasteiger partial charge < -0.3 is 14.4 Å². The van der Waals surface area contributed by atoms with Crippen LogP contribution in [0.5, 0.6) is 11.5 Å². The molecule has 3 fully saturated rings. The van der Waals surface area contributed by atoms with Crippen molar-refractivity contribution < 1.29 is 33.5 Å². The third-order valence-electron chi connectivity index (χ3n) is 7.76. The molecule has 3 aliphatic carbocycles. The maximum atomic E-state index is 12.9. The van der Waals surface area contributed by atoms with Crippen LogP contribution < -0.4 is 9.26 Å². The average molecular weight is 421 g/mol. The number of carbonyl (C=O) groups excluding carboxylic acids is 1. The van der Waals surface area contributed by atoms with Gasteiger partial charge in [-0.25, -0.2) is 4.57 Å². The number of phosphoric ester groups is 1. The quantitative estimate of drug-likeness (QED) is 0.623. The molecule has 2 aliphatic heterocycles. The maximum absolute atomic E-state index is 12.9. The molecule has 2 saturated carbocycles. The predicted molar refractivity (Wildman–Crippen MR) is 101 cm³/mol. The first kappa shape index (κ1) is 18.3. The van der Waals surface area contributed by atoms with Gasteiger partial charge in [-0.15, -0.1) is 0 Å². The molecule has 1 saturated heterocycles. The molecule has 1 aromatic rings. The van der Waals surface area contributed by atoms with Crippen LogP contribution in [0.1, 0.15) is 43.2 Å². The molecule has 0 amide bonds. The van der Waals surface area contributed by atoms with Gasteiger partial charge >= 0.3 is 7.82 Å². The van der Waals surface area contributed by atoms with Crippen LogP contribution >= 0.6 is 7.82 Å². The van der Waals surface area contributed by atoms with E-state index in [4.69, 9.17) is 9.26 Å². The molecule has 3 N–H and O–H groups in total. The molecule has 5 aliphatic rings.